The average Bonchev–Trinajstić information content (AvgIpc) is 2.56. The fourth-order valence-corrected chi connectivity index (χ4v) is 1.48. The van der Waals surface area contributed by atoms with E-state index in [-0.39, 0.29) is 0 Å². The van der Waals surface area contributed by atoms with Crippen molar-refractivity contribution in [3.8, 4) is 5.75 Å². The molecule has 76 valence electrons. The molecule has 0 atom stereocenters. The maximum atomic E-state index is 10.2. The number of aliphatic imine (C=N–C) groups is 1. The Morgan fingerprint density at radius 2 is 2.33 bits per heavy atom. The number of aryl methyl sites for hydroxylation is 1. The second-order valence-corrected chi connectivity index (χ2v) is 3.03. The molecular weight excluding hydrogens is 194 g/mol. The molecule has 0 aliphatic heterocycles. The Bertz CT molecular complexity index is 553. The molecule has 0 fully saturated rings. The summed E-state index contributed by atoms with van der Waals surface area (Å²) in [6.07, 6.45) is 1.49. The van der Waals surface area contributed by atoms with Gasteiger partial charge in [-0.3, -0.25) is 4.68 Å². The number of aromatic nitrogens is 2. The lowest BCUT2D eigenvalue weighted by Gasteiger charge is -1.98. The minimum absolute atomic E-state index is 0.362. The van der Waals surface area contributed by atoms with Crippen LogP contribution in [-0.2, 0) is 11.8 Å². The summed E-state index contributed by atoms with van der Waals surface area (Å²) in [4.78, 5) is 13.7. The predicted octanol–water partition coefficient (Wildman–Crippen LogP) is 1.55. The summed E-state index contributed by atoms with van der Waals surface area (Å²) < 4.78 is 6.75. The summed E-state index contributed by atoms with van der Waals surface area (Å²) >= 11 is 0. The van der Waals surface area contributed by atoms with Crippen LogP contribution in [0.5, 0.6) is 5.75 Å². The summed E-state index contributed by atoms with van der Waals surface area (Å²) in [6, 6.07) is 5.49. The summed E-state index contributed by atoms with van der Waals surface area (Å²) in [6.45, 7) is 0. The Kier molecular flexibility index (Phi) is 2.23. The molecule has 0 spiro atoms. The van der Waals surface area contributed by atoms with Gasteiger partial charge in [-0.1, -0.05) is 0 Å². The molecule has 0 unspecified atom stereocenters. The van der Waals surface area contributed by atoms with Crippen molar-refractivity contribution >= 4 is 22.8 Å². The second-order valence-electron chi connectivity index (χ2n) is 3.03. The van der Waals surface area contributed by atoms with E-state index in [0.717, 1.165) is 10.9 Å². The Labute approximate surface area is 86.0 Å². The molecule has 1 aromatic heterocycles. The summed E-state index contributed by atoms with van der Waals surface area (Å²) in [7, 11) is 3.37. The molecule has 1 aromatic carbocycles. The summed E-state index contributed by atoms with van der Waals surface area (Å²) in [5, 5.41) is 4.86. The van der Waals surface area contributed by atoms with Crippen LogP contribution in [-0.4, -0.2) is 23.0 Å². The molecule has 15 heavy (non-hydrogen) atoms. The highest BCUT2D eigenvalue weighted by molar-refractivity contribution is 5.90. The van der Waals surface area contributed by atoms with Crippen molar-refractivity contribution in [3.63, 3.8) is 0 Å². The molecule has 0 saturated heterocycles. The highest BCUT2D eigenvalue weighted by Crippen LogP contribution is 2.27. The van der Waals surface area contributed by atoms with Gasteiger partial charge in [0.25, 0.3) is 0 Å². The quantitative estimate of drug-likeness (QED) is 0.549. The van der Waals surface area contributed by atoms with Crippen LogP contribution >= 0.6 is 0 Å². The summed E-state index contributed by atoms with van der Waals surface area (Å²) in [5.74, 6) is 1.07. The van der Waals surface area contributed by atoms with Crippen LogP contribution in [0.15, 0.2) is 23.2 Å². The van der Waals surface area contributed by atoms with E-state index in [1.807, 2.05) is 12.1 Å². The van der Waals surface area contributed by atoms with Crippen molar-refractivity contribution in [3.05, 3.63) is 18.2 Å². The third kappa shape index (κ3) is 1.49. The fourth-order valence-electron chi connectivity index (χ4n) is 1.48. The lowest BCUT2D eigenvalue weighted by Crippen LogP contribution is -1.88. The van der Waals surface area contributed by atoms with E-state index in [1.165, 1.54) is 6.08 Å². The molecule has 0 bridgehead atoms. The molecule has 0 aliphatic rings. The lowest BCUT2D eigenvalue weighted by atomic mass is 10.2. The SMILES string of the molecule is COc1ccc2c(c1)c(N=C=O)nn2C. The van der Waals surface area contributed by atoms with Gasteiger partial charge < -0.3 is 4.74 Å². The monoisotopic (exact) mass is 203 g/mol. The Morgan fingerprint density at radius 1 is 1.53 bits per heavy atom. The van der Waals surface area contributed by atoms with Crippen molar-refractivity contribution in [1.82, 2.24) is 9.78 Å². The number of nitrogens with zero attached hydrogens (tertiary/aromatic N) is 3. The smallest absolute Gasteiger partial charge is 0.242 e. The van der Waals surface area contributed by atoms with Gasteiger partial charge in [-0.2, -0.15) is 5.10 Å². The Hall–Kier alpha value is -2.13. The molecule has 0 saturated carbocycles. The number of carbonyl (C=O) groups excluding carboxylic acids is 1. The first kappa shape index (κ1) is 9.43. The molecule has 5 heteroatoms. The van der Waals surface area contributed by atoms with Gasteiger partial charge >= 0.3 is 0 Å². The van der Waals surface area contributed by atoms with Crippen LogP contribution in [0.2, 0.25) is 0 Å². The van der Waals surface area contributed by atoms with Gasteiger partial charge in [0.1, 0.15) is 5.75 Å². The molecule has 2 rings (SSSR count). The second kappa shape index (κ2) is 3.55. The fraction of sp³-hybridized carbons (Fsp3) is 0.200. The molecule has 5 nitrogen and oxygen atoms in total. The molecule has 0 radical (unpaired) electrons. The minimum Gasteiger partial charge on any atom is -0.497 e. The highest BCUT2D eigenvalue weighted by atomic mass is 16.5. The van der Waals surface area contributed by atoms with E-state index in [2.05, 4.69) is 10.1 Å². The first-order valence-corrected chi connectivity index (χ1v) is 4.35. The van der Waals surface area contributed by atoms with Gasteiger partial charge in [-0.15, -0.1) is 4.99 Å². The van der Waals surface area contributed by atoms with Crippen molar-refractivity contribution < 1.29 is 9.53 Å². The van der Waals surface area contributed by atoms with Gasteiger partial charge in [0.05, 0.1) is 18.0 Å². The van der Waals surface area contributed by atoms with E-state index < -0.39 is 0 Å². The van der Waals surface area contributed by atoms with E-state index in [9.17, 15) is 4.79 Å². The maximum absolute atomic E-state index is 10.2. The number of isocyanates is 1. The third-order valence-electron chi connectivity index (χ3n) is 2.19. The number of rotatable bonds is 2. The van der Waals surface area contributed by atoms with Crippen molar-refractivity contribution in [2.24, 2.45) is 12.0 Å². The predicted molar refractivity (Wildman–Crippen MR) is 55.0 cm³/mol. The molecule has 0 N–H and O–H groups in total. The van der Waals surface area contributed by atoms with Gasteiger partial charge in [-0.25, -0.2) is 4.79 Å². The lowest BCUT2D eigenvalue weighted by molar-refractivity contribution is 0.415. The zero-order valence-electron chi connectivity index (χ0n) is 8.39. The van der Waals surface area contributed by atoms with Crippen LogP contribution in [0.25, 0.3) is 10.9 Å². The average molecular weight is 203 g/mol. The van der Waals surface area contributed by atoms with E-state index in [1.54, 1.807) is 24.9 Å². The Morgan fingerprint density at radius 3 is 3.00 bits per heavy atom. The molecular formula is C10H9N3O2. The Balaban J connectivity index is 2.76. The normalized spacial score (nSPS) is 10.0. The largest absolute Gasteiger partial charge is 0.497 e. The number of ether oxygens (including phenoxy) is 1. The van der Waals surface area contributed by atoms with Crippen LogP contribution in [0.1, 0.15) is 0 Å². The van der Waals surface area contributed by atoms with Crippen LogP contribution in [0.4, 0.5) is 5.82 Å². The number of hydrogen-bond donors (Lipinski definition) is 0. The first-order chi connectivity index (χ1) is 7.26. The van der Waals surface area contributed by atoms with Crippen molar-refractivity contribution in [2.45, 2.75) is 0 Å². The first-order valence-electron chi connectivity index (χ1n) is 4.35. The minimum atomic E-state index is 0.362. The number of hydrogen-bond acceptors (Lipinski definition) is 4. The zero-order valence-corrected chi connectivity index (χ0v) is 8.39. The number of fused-ring (bicyclic) bond motifs is 1. The van der Waals surface area contributed by atoms with Crippen molar-refractivity contribution in [1.29, 1.82) is 0 Å². The van der Waals surface area contributed by atoms with Gasteiger partial charge in [0.15, 0.2) is 5.82 Å². The number of benzene rings is 1. The molecule has 2 aromatic rings. The highest BCUT2D eigenvalue weighted by Gasteiger charge is 2.08. The van der Waals surface area contributed by atoms with Crippen LogP contribution < -0.4 is 4.74 Å². The van der Waals surface area contributed by atoms with E-state index >= 15 is 0 Å². The van der Waals surface area contributed by atoms with Crippen LogP contribution in [0, 0.1) is 0 Å². The third-order valence-corrected chi connectivity index (χ3v) is 2.19. The maximum Gasteiger partial charge on any atom is 0.242 e. The van der Waals surface area contributed by atoms with E-state index in [0.29, 0.717) is 11.6 Å². The molecule has 1 heterocycles. The van der Waals surface area contributed by atoms with Gasteiger partial charge in [0.2, 0.25) is 6.08 Å². The topological polar surface area (TPSA) is 56.5 Å². The van der Waals surface area contributed by atoms with Crippen molar-refractivity contribution in [2.75, 3.05) is 7.11 Å². The molecule has 0 aliphatic carbocycles. The number of methoxy groups -OCH3 is 1. The van der Waals surface area contributed by atoms with Gasteiger partial charge in [0, 0.05) is 7.05 Å². The summed E-state index contributed by atoms with van der Waals surface area (Å²) in [5.41, 5.74) is 0.893. The molecule has 0 amide bonds. The van der Waals surface area contributed by atoms with E-state index in [4.69, 9.17) is 4.74 Å². The van der Waals surface area contributed by atoms with Gasteiger partial charge in [-0.05, 0) is 18.2 Å². The standard InChI is InChI=1S/C10H9N3O2/c1-13-9-4-3-7(15-2)5-8(9)10(12-13)11-6-14/h3-5H,1-2H3. The van der Waals surface area contributed by atoms with Crippen LogP contribution in [0.3, 0.4) is 0 Å². The zero-order chi connectivity index (χ0) is 10.8.